The summed E-state index contributed by atoms with van der Waals surface area (Å²) in [6.07, 6.45) is -0.184. The van der Waals surface area contributed by atoms with E-state index in [1.54, 1.807) is 12.1 Å². The quantitative estimate of drug-likeness (QED) is 0.669. The van der Waals surface area contributed by atoms with Crippen molar-refractivity contribution in [3.8, 4) is 0 Å². The van der Waals surface area contributed by atoms with Crippen molar-refractivity contribution in [2.45, 2.75) is 12.6 Å². The van der Waals surface area contributed by atoms with Crippen LogP contribution in [0, 0.1) is 10.1 Å². The minimum Gasteiger partial charge on any atom is -0.394 e. The molecule has 1 saturated heterocycles. The maximum absolute atomic E-state index is 10.8. The van der Waals surface area contributed by atoms with Gasteiger partial charge in [-0.2, -0.15) is 0 Å². The third kappa shape index (κ3) is 3.63. The Hall–Kier alpha value is -1.21. The summed E-state index contributed by atoms with van der Waals surface area (Å²) < 4.78 is 5.36. The average molecular weight is 287 g/mol. The molecule has 6 nitrogen and oxygen atoms in total. The minimum absolute atomic E-state index is 0.0166. The second-order valence-corrected chi connectivity index (χ2v) is 4.86. The topological polar surface area (TPSA) is 75.8 Å². The van der Waals surface area contributed by atoms with Gasteiger partial charge in [-0.05, 0) is 11.6 Å². The molecular weight excluding hydrogens is 272 g/mol. The standard InChI is InChI=1S/C12H15ClN2O4/c13-11-2-1-9(5-12(11)15(17)18)6-14-3-4-19-10(7-14)8-16/h1-2,5,10,16H,3-4,6-8H2. The van der Waals surface area contributed by atoms with E-state index >= 15 is 0 Å². The summed E-state index contributed by atoms with van der Waals surface area (Å²) in [6, 6.07) is 4.81. The molecule has 1 fully saturated rings. The van der Waals surface area contributed by atoms with Gasteiger partial charge < -0.3 is 9.84 Å². The third-order valence-electron chi connectivity index (χ3n) is 3.04. The van der Waals surface area contributed by atoms with Crippen molar-refractivity contribution in [3.63, 3.8) is 0 Å². The highest BCUT2D eigenvalue weighted by Gasteiger charge is 2.20. The second-order valence-electron chi connectivity index (χ2n) is 4.45. The fourth-order valence-corrected chi connectivity index (χ4v) is 2.28. The van der Waals surface area contributed by atoms with Crippen molar-refractivity contribution in [1.29, 1.82) is 0 Å². The van der Waals surface area contributed by atoms with E-state index in [1.807, 2.05) is 0 Å². The van der Waals surface area contributed by atoms with Gasteiger partial charge >= 0.3 is 0 Å². The number of nitro groups is 1. The summed E-state index contributed by atoms with van der Waals surface area (Å²) in [7, 11) is 0. The summed E-state index contributed by atoms with van der Waals surface area (Å²) in [5.41, 5.74) is 0.751. The molecule has 0 spiro atoms. The number of aliphatic hydroxyl groups excluding tert-OH is 1. The molecule has 0 aromatic heterocycles. The van der Waals surface area contributed by atoms with Gasteiger partial charge in [-0.25, -0.2) is 0 Å². The van der Waals surface area contributed by atoms with E-state index in [9.17, 15) is 10.1 Å². The molecule has 1 aliphatic heterocycles. The van der Waals surface area contributed by atoms with Crippen molar-refractivity contribution < 1.29 is 14.8 Å². The largest absolute Gasteiger partial charge is 0.394 e. The number of halogens is 1. The third-order valence-corrected chi connectivity index (χ3v) is 3.36. The first-order valence-electron chi connectivity index (χ1n) is 5.98. The van der Waals surface area contributed by atoms with E-state index in [0.717, 1.165) is 12.1 Å². The predicted molar refractivity (Wildman–Crippen MR) is 70.2 cm³/mol. The van der Waals surface area contributed by atoms with E-state index in [2.05, 4.69) is 4.90 Å². The zero-order valence-electron chi connectivity index (χ0n) is 10.3. The van der Waals surface area contributed by atoms with E-state index in [1.165, 1.54) is 6.07 Å². The fourth-order valence-electron chi connectivity index (χ4n) is 2.09. The molecule has 0 saturated carbocycles. The molecule has 0 aliphatic carbocycles. The monoisotopic (exact) mass is 286 g/mol. The lowest BCUT2D eigenvalue weighted by atomic mass is 10.1. The van der Waals surface area contributed by atoms with Gasteiger partial charge in [-0.3, -0.25) is 15.0 Å². The number of benzene rings is 1. The van der Waals surface area contributed by atoms with Gasteiger partial charge in [0.05, 0.1) is 24.2 Å². The molecular formula is C12H15ClN2O4. The molecule has 1 N–H and O–H groups in total. The normalized spacial score (nSPS) is 20.4. The highest BCUT2D eigenvalue weighted by Crippen LogP contribution is 2.25. The number of aliphatic hydroxyl groups is 1. The second kappa shape index (κ2) is 6.29. The van der Waals surface area contributed by atoms with Gasteiger partial charge in [0.15, 0.2) is 0 Å². The molecule has 0 radical (unpaired) electrons. The Morgan fingerprint density at radius 3 is 3.05 bits per heavy atom. The molecule has 1 aromatic rings. The SMILES string of the molecule is O=[N+]([O-])c1cc(CN2CCOC(CO)C2)ccc1Cl. The van der Waals surface area contributed by atoms with Crippen molar-refractivity contribution in [3.05, 3.63) is 38.9 Å². The molecule has 1 unspecified atom stereocenters. The van der Waals surface area contributed by atoms with Gasteiger partial charge in [-0.15, -0.1) is 0 Å². The molecule has 1 heterocycles. The predicted octanol–water partition coefficient (Wildman–Crippen LogP) is 1.44. The Morgan fingerprint density at radius 2 is 2.37 bits per heavy atom. The van der Waals surface area contributed by atoms with Crippen LogP contribution < -0.4 is 0 Å². The van der Waals surface area contributed by atoms with Gasteiger partial charge in [0.2, 0.25) is 0 Å². The molecule has 1 atom stereocenters. The van der Waals surface area contributed by atoms with Crippen molar-refractivity contribution in [2.24, 2.45) is 0 Å². The molecule has 0 amide bonds. The molecule has 19 heavy (non-hydrogen) atoms. The number of morpholine rings is 1. The summed E-state index contributed by atoms with van der Waals surface area (Å²) in [5, 5.41) is 20.0. The molecule has 1 aromatic carbocycles. The van der Waals surface area contributed by atoms with Gasteiger partial charge in [0, 0.05) is 25.7 Å². The first-order chi connectivity index (χ1) is 9.10. The fraction of sp³-hybridized carbons (Fsp3) is 0.500. The maximum atomic E-state index is 10.8. The number of nitrogens with zero attached hydrogens (tertiary/aromatic N) is 2. The lowest BCUT2D eigenvalue weighted by molar-refractivity contribution is -0.384. The van der Waals surface area contributed by atoms with Crippen molar-refractivity contribution >= 4 is 17.3 Å². The summed E-state index contributed by atoms with van der Waals surface area (Å²) in [6.45, 7) is 2.48. The summed E-state index contributed by atoms with van der Waals surface area (Å²) in [4.78, 5) is 12.4. The van der Waals surface area contributed by atoms with Gasteiger partial charge in [-0.1, -0.05) is 17.7 Å². The van der Waals surface area contributed by atoms with Crippen molar-refractivity contribution in [2.75, 3.05) is 26.3 Å². The van der Waals surface area contributed by atoms with Crippen LogP contribution in [0.3, 0.4) is 0 Å². The molecule has 7 heteroatoms. The van der Waals surface area contributed by atoms with Crippen LogP contribution in [0.2, 0.25) is 5.02 Å². The van der Waals surface area contributed by atoms with Crippen LogP contribution in [-0.4, -0.2) is 47.3 Å². The van der Waals surface area contributed by atoms with Crippen LogP contribution >= 0.6 is 11.6 Å². The lowest BCUT2D eigenvalue weighted by Crippen LogP contribution is -2.43. The Kier molecular flexibility index (Phi) is 4.71. The smallest absolute Gasteiger partial charge is 0.288 e. The number of ether oxygens (including phenoxy) is 1. The number of rotatable bonds is 4. The van der Waals surface area contributed by atoms with E-state index in [0.29, 0.717) is 19.7 Å². The van der Waals surface area contributed by atoms with Gasteiger partial charge in [0.25, 0.3) is 5.69 Å². The van der Waals surface area contributed by atoms with Crippen LogP contribution in [0.4, 0.5) is 5.69 Å². The van der Waals surface area contributed by atoms with E-state index < -0.39 is 4.92 Å². The first kappa shape index (κ1) is 14.2. The number of hydrogen-bond acceptors (Lipinski definition) is 5. The van der Waals surface area contributed by atoms with Crippen LogP contribution in [0.15, 0.2) is 18.2 Å². The number of nitro benzene ring substituents is 1. The first-order valence-corrected chi connectivity index (χ1v) is 6.35. The Balaban J connectivity index is 2.06. The summed E-state index contributed by atoms with van der Waals surface area (Å²) in [5.74, 6) is 0. The molecule has 104 valence electrons. The van der Waals surface area contributed by atoms with Crippen LogP contribution in [0.5, 0.6) is 0 Å². The van der Waals surface area contributed by atoms with E-state index in [-0.39, 0.29) is 23.4 Å². The highest BCUT2D eigenvalue weighted by atomic mass is 35.5. The molecule has 2 rings (SSSR count). The molecule has 1 aliphatic rings. The van der Waals surface area contributed by atoms with E-state index in [4.69, 9.17) is 21.4 Å². The average Bonchev–Trinajstić information content (AvgIpc) is 2.41. The zero-order chi connectivity index (χ0) is 13.8. The zero-order valence-corrected chi connectivity index (χ0v) is 11.0. The Labute approximate surface area is 115 Å². The maximum Gasteiger partial charge on any atom is 0.288 e. The van der Waals surface area contributed by atoms with Crippen LogP contribution in [0.1, 0.15) is 5.56 Å². The van der Waals surface area contributed by atoms with Gasteiger partial charge in [0.1, 0.15) is 5.02 Å². The van der Waals surface area contributed by atoms with Crippen LogP contribution in [-0.2, 0) is 11.3 Å². The molecule has 0 bridgehead atoms. The minimum atomic E-state index is -0.484. The Bertz CT molecular complexity index is 469. The number of hydrogen-bond donors (Lipinski definition) is 1. The summed E-state index contributed by atoms with van der Waals surface area (Å²) >= 11 is 5.77. The van der Waals surface area contributed by atoms with Crippen molar-refractivity contribution in [1.82, 2.24) is 4.90 Å². The Morgan fingerprint density at radius 1 is 1.58 bits per heavy atom. The highest BCUT2D eigenvalue weighted by molar-refractivity contribution is 6.32. The lowest BCUT2D eigenvalue weighted by Gasteiger charge is -2.31. The van der Waals surface area contributed by atoms with Crippen LogP contribution in [0.25, 0.3) is 0 Å².